The highest BCUT2D eigenvalue weighted by atomic mass is 16.7. The molecule has 1 aromatic heterocycles. The molecule has 2 aromatic rings. The normalized spacial score (nSPS) is 23.7. The van der Waals surface area contributed by atoms with Gasteiger partial charge in [0.1, 0.15) is 5.82 Å². The van der Waals surface area contributed by atoms with Gasteiger partial charge in [0.15, 0.2) is 11.5 Å². The van der Waals surface area contributed by atoms with Crippen LogP contribution in [-0.2, 0) is 0 Å². The number of aromatic nitrogens is 1. The first kappa shape index (κ1) is 12.7. The Morgan fingerprint density at radius 1 is 1.24 bits per heavy atom. The summed E-state index contributed by atoms with van der Waals surface area (Å²) >= 11 is 0. The summed E-state index contributed by atoms with van der Waals surface area (Å²) < 4.78 is 10.9. The van der Waals surface area contributed by atoms with Gasteiger partial charge in [-0.2, -0.15) is 0 Å². The van der Waals surface area contributed by atoms with Gasteiger partial charge in [-0.15, -0.1) is 0 Å². The van der Waals surface area contributed by atoms with Crippen molar-refractivity contribution in [2.24, 2.45) is 5.92 Å². The lowest BCUT2D eigenvalue weighted by Gasteiger charge is -2.20. The fraction of sp³-hybridized carbons (Fsp3) is 0.438. The van der Waals surface area contributed by atoms with E-state index in [-0.39, 0.29) is 13.4 Å². The predicted molar refractivity (Wildman–Crippen MR) is 79.7 cm³/mol. The topological polar surface area (TPSA) is 63.6 Å². The van der Waals surface area contributed by atoms with E-state index in [4.69, 9.17) is 9.47 Å². The second-order valence-electron chi connectivity index (χ2n) is 5.71. The summed E-state index contributed by atoms with van der Waals surface area (Å²) in [4.78, 5) is 4.48. The second-order valence-corrected chi connectivity index (χ2v) is 5.71. The van der Waals surface area contributed by atoms with Crippen molar-refractivity contribution in [2.75, 3.05) is 18.7 Å². The number of aliphatic hydroxyl groups excluding tert-OH is 1. The maximum absolute atomic E-state index is 9.46. The van der Waals surface area contributed by atoms with Gasteiger partial charge in [-0.1, -0.05) is 6.42 Å². The van der Waals surface area contributed by atoms with E-state index in [0.29, 0.717) is 12.0 Å². The van der Waals surface area contributed by atoms with Crippen LogP contribution in [0.1, 0.15) is 19.3 Å². The molecule has 1 fully saturated rings. The first-order chi connectivity index (χ1) is 10.3. The second kappa shape index (κ2) is 5.07. The molecule has 4 rings (SSSR count). The molecule has 2 aliphatic rings. The Morgan fingerprint density at radius 3 is 2.95 bits per heavy atom. The van der Waals surface area contributed by atoms with Gasteiger partial charge in [-0.3, -0.25) is 0 Å². The van der Waals surface area contributed by atoms with Crippen molar-refractivity contribution in [1.82, 2.24) is 4.98 Å². The Labute approximate surface area is 122 Å². The molecule has 0 spiro atoms. The lowest BCUT2D eigenvalue weighted by Crippen LogP contribution is -2.26. The van der Waals surface area contributed by atoms with E-state index < -0.39 is 0 Å². The van der Waals surface area contributed by atoms with E-state index in [1.165, 1.54) is 0 Å². The Balaban J connectivity index is 1.71. The third kappa shape index (κ3) is 2.17. The van der Waals surface area contributed by atoms with Crippen molar-refractivity contribution in [3.05, 3.63) is 24.4 Å². The summed E-state index contributed by atoms with van der Waals surface area (Å²) in [6, 6.07) is 6.23. The zero-order valence-electron chi connectivity index (χ0n) is 11.7. The summed E-state index contributed by atoms with van der Waals surface area (Å²) in [5.74, 6) is 2.73. The maximum atomic E-state index is 9.46. The highest BCUT2D eigenvalue weighted by molar-refractivity contribution is 5.94. The van der Waals surface area contributed by atoms with Crippen LogP contribution in [0.15, 0.2) is 24.4 Å². The van der Waals surface area contributed by atoms with Crippen LogP contribution in [0.3, 0.4) is 0 Å². The molecule has 110 valence electrons. The third-order valence-corrected chi connectivity index (χ3v) is 4.47. The molecule has 5 heteroatoms. The number of pyridine rings is 1. The van der Waals surface area contributed by atoms with Crippen molar-refractivity contribution in [3.63, 3.8) is 0 Å². The van der Waals surface area contributed by atoms with Crippen LogP contribution < -0.4 is 14.8 Å². The zero-order chi connectivity index (χ0) is 14.2. The molecule has 2 atom stereocenters. The van der Waals surface area contributed by atoms with Crippen LogP contribution in [0.25, 0.3) is 10.8 Å². The Hall–Kier alpha value is -2.01. The Morgan fingerprint density at radius 2 is 2.10 bits per heavy atom. The summed E-state index contributed by atoms with van der Waals surface area (Å²) in [5.41, 5.74) is 0. The maximum Gasteiger partial charge on any atom is 0.231 e. The first-order valence-corrected chi connectivity index (χ1v) is 7.41. The number of nitrogens with one attached hydrogen (secondary N) is 1. The van der Waals surface area contributed by atoms with E-state index in [1.807, 2.05) is 18.2 Å². The van der Waals surface area contributed by atoms with E-state index in [0.717, 1.165) is 47.4 Å². The molecular formula is C16H18N2O3. The van der Waals surface area contributed by atoms with Gasteiger partial charge in [-0.05, 0) is 36.4 Å². The van der Waals surface area contributed by atoms with Gasteiger partial charge < -0.3 is 19.9 Å². The molecule has 21 heavy (non-hydrogen) atoms. The summed E-state index contributed by atoms with van der Waals surface area (Å²) in [6.45, 7) is 0.506. The highest BCUT2D eigenvalue weighted by Gasteiger charge is 2.27. The standard InChI is InChI=1S/C16H18N2O3/c19-8-11-2-1-3-13(11)18-16-12-7-15-14(20-9-21-15)6-10(12)4-5-17-16/h4-7,11,13,19H,1-3,8-9H2,(H,17,18). The summed E-state index contributed by atoms with van der Waals surface area (Å²) in [5, 5.41) is 15.1. The smallest absolute Gasteiger partial charge is 0.231 e. The van der Waals surface area contributed by atoms with Crippen molar-refractivity contribution >= 4 is 16.6 Å². The fourth-order valence-corrected chi connectivity index (χ4v) is 3.30. The molecule has 1 aromatic carbocycles. The average Bonchev–Trinajstić information content (AvgIpc) is 3.13. The van der Waals surface area contributed by atoms with E-state index in [2.05, 4.69) is 10.3 Å². The Bertz CT molecular complexity index is 674. The monoisotopic (exact) mass is 286 g/mol. The number of ether oxygens (including phenoxy) is 2. The molecule has 0 radical (unpaired) electrons. The van der Waals surface area contributed by atoms with Crippen molar-refractivity contribution < 1.29 is 14.6 Å². The molecular weight excluding hydrogens is 268 g/mol. The number of anilines is 1. The minimum Gasteiger partial charge on any atom is -0.454 e. The van der Waals surface area contributed by atoms with E-state index in [1.54, 1.807) is 6.20 Å². The number of hydrogen-bond acceptors (Lipinski definition) is 5. The Kier molecular flexibility index (Phi) is 3.07. The number of aliphatic hydroxyl groups is 1. The van der Waals surface area contributed by atoms with Crippen LogP contribution >= 0.6 is 0 Å². The van der Waals surface area contributed by atoms with Gasteiger partial charge in [0.2, 0.25) is 6.79 Å². The average molecular weight is 286 g/mol. The number of nitrogens with zero attached hydrogens (tertiary/aromatic N) is 1. The first-order valence-electron chi connectivity index (χ1n) is 7.41. The largest absolute Gasteiger partial charge is 0.454 e. The van der Waals surface area contributed by atoms with Gasteiger partial charge in [-0.25, -0.2) is 4.98 Å². The number of rotatable bonds is 3. The zero-order valence-corrected chi connectivity index (χ0v) is 11.7. The van der Waals surface area contributed by atoms with Crippen molar-refractivity contribution in [3.8, 4) is 11.5 Å². The molecule has 2 N–H and O–H groups in total. The third-order valence-electron chi connectivity index (χ3n) is 4.47. The number of benzene rings is 1. The van der Waals surface area contributed by atoms with Gasteiger partial charge in [0, 0.05) is 30.1 Å². The lowest BCUT2D eigenvalue weighted by molar-refractivity contribution is 0.174. The van der Waals surface area contributed by atoms with Crippen LogP contribution in [0.5, 0.6) is 11.5 Å². The molecule has 0 saturated heterocycles. The fourth-order valence-electron chi connectivity index (χ4n) is 3.30. The minimum absolute atomic E-state index is 0.231. The molecule has 1 saturated carbocycles. The molecule has 0 amide bonds. The molecule has 1 aliphatic heterocycles. The molecule has 2 heterocycles. The molecule has 1 aliphatic carbocycles. The summed E-state index contributed by atoms with van der Waals surface area (Å²) in [7, 11) is 0. The number of hydrogen-bond donors (Lipinski definition) is 2. The van der Waals surface area contributed by atoms with Gasteiger partial charge in [0.25, 0.3) is 0 Å². The highest BCUT2D eigenvalue weighted by Crippen LogP contribution is 2.38. The van der Waals surface area contributed by atoms with Crippen LogP contribution in [0.4, 0.5) is 5.82 Å². The van der Waals surface area contributed by atoms with Crippen molar-refractivity contribution in [2.45, 2.75) is 25.3 Å². The van der Waals surface area contributed by atoms with Crippen LogP contribution in [0, 0.1) is 5.92 Å². The molecule has 0 bridgehead atoms. The summed E-state index contributed by atoms with van der Waals surface area (Å²) in [6.07, 6.45) is 5.11. The van der Waals surface area contributed by atoms with Crippen LogP contribution in [-0.4, -0.2) is 29.5 Å². The molecule has 2 unspecified atom stereocenters. The molecule has 5 nitrogen and oxygen atoms in total. The quantitative estimate of drug-likeness (QED) is 0.908. The van der Waals surface area contributed by atoms with Crippen LogP contribution in [0.2, 0.25) is 0 Å². The van der Waals surface area contributed by atoms with Gasteiger partial charge in [0.05, 0.1) is 0 Å². The lowest BCUT2D eigenvalue weighted by atomic mass is 10.0. The predicted octanol–water partition coefficient (Wildman–Crippen LogP) is 2.54. The van der Waals surface area contributed by atoms with E-state index in [9.17, 15) is 5.11 Å². The van der Waals surface area contributed by atoms with E-state index >= 15 is 0 Å². The van der Waals surface area contributed by atoms with Gasteiger partial charge >= 0.3 is 0 Å². The number of fused-ring (bicyclic) bond motifs is 2. The SMILES string of the molecule is OCC1CCCC1Nc1nccc2cc3c(cc12)OCO3. The van der Waals surface area contributed by atoms with Crippen molar-refractivity contribution in [1.29, 1.82) is 0 Å². The minimum atomic E-state index is 0.231.